The zero-order valence-corrected chi connectivity index (χ0v) is 8.40. The predicted octanol–water partition coefficient (Wildman–Crippen LogP) is 0.0566. The Morgan fingerprint density at radius 3 is 2.73 bits per heavy atom. The van der Waals surface area contributed by atoms with Crippen LogP contribution in [0, 0.1) is 6.92 Å². The lowest BCUT2D eigenvalue weighted by Gasteiger charge is -2.07. The highest BCUT2D eigenvalue weighted by Crippen LogP contribution is 2.10. The smallest absolute Gasteiger partial charge is 0.361 e. The maximum atomic E-state index is 11.6. The van der Waals surface area contributed by atoms with Gasteiger partial charge in [-0.25, -0.2) is 4.79 Å². The number of aryl methyl sites for hydroxylation is 1. The van der Waals surface area contributed by atoms with Crippen LogP contribution in [0.3, 0.4) is 0 Å². The molecular formula is C10H10N2O3. The van der Waals surface area contributed by atoms with Gasteiger partial charge in [-0.1, -0.05) is 12.1 Å². The maximum Gasteiger partial charge on any atom is 0.361 e. The van der Waals surface area contributed by atoms with Gasteiger partial charge in [0.05, 0.1) is 10.9 Å². The van der Waals surface area contributed by atoms with Gasteiger partial charge in [0, 0.05) is 0 Å². The standard InChI is InChI=1S/C10H10N2O3/c1-6-4-3-5-7-8(6)9(13)11-10(14)12(7)15-2/h3-5H,1-2H3,(H,11,13,14). The molecule has 0 fully saturated rings. The minimum Gasteiger partial charge on any atom is -0.412 e. The second kappa shape index (κ2) is 3.27. The van der Waals surface area contributed by atoms with Gasteiger partial charge in [0.15, 0.2) is 0 Å². The van der Waals surface area contributed by atoms with Gasteiger partial charge in [-0.3, -0.25) is 9.78 Å². The number of benzene rings is 1. The van der Waals surface area contributed by atoms with E-state index in [1.54, 1.807) is 12.1 Å². The summed E-state index contributed by atoms with van der Waals surface area (Å²) in [5, 5.41) is 0.471. The van der Waals surface area contributed by atoms with E-state index in [1.165, 1.54) is 7.11 Å². The first-order valence-corrected chi connectivity index (χ1v) is 4.44. The number of nitrogens with one attached hydrogen (secondary N) is 1. The molecule has 2 aromatic rings. The molecule has 0 aliphatic heterocycles. The lowest BCUT2D eigenvalue weighted by atomic mass is 10.1. The minimum atomic E-state index is -0.569. The molecule has 0 spiro atoms. The zero-order valence-electron chi connectivity index (χ0n) is 8.40. The Balaban J connectivity index is 3.10. The molecule has 0 atom stereocenters. The molecule has 1 heterocycles. The molecule has 0 unspecified atom stereocenters. The quantitative estimate of drug-likeness (QED) is 0.717. The van der Waals surface area contributed by atoms with Crippen LogP contribution < -0.4 is 16.1 Å². The van der Waals surface area contributed by atoms with Crippen LogP contribution in [-0.4, -0.2) is 16.8 Å². The van der Waals surface area contributed by atoms with Crippen molar-refractivity contribution in [1.82, 2.24) is 9.71 Å². The number of nitrogens with zero attached hydrogens (tertiary/aromatic N) is 1. The average Bonchev–Trinajstić information content (AvgIpc) is 2.17. The van der Waals surface area contributed by atoms with E-state index < -0.39 is 5.69 Å². The fourth-order valence-corrected chi connectivity index (χ4v) is 1.62. The monoisotopic (exact) mass is 206 g/mol. The van der Waals surface area contributed by atoms with E-state index in [9.17, 15) is 9.59 Å². The topological polar surface area (TPSA) is 64.1 Å². The van der Waals surface area contributed by atoms with Crippen molar-refractivity contribution in [3.8, 4) is 0 Å². The molecule has 0 saturated heterocycles. The second-order valence-electron chi connectivity index (χ2n) is 3.21. The van der Waals surface area contributed by atoms with Gasteiger partial charge in [0.2, 0.25) is 0 Å². The Bertz CT molecular complexity index is 625. The molecule has 0 aliphatic rings. The van der Waals surface area contributed by atoms with Crippen LogP contribution in [0.1, 0.15) is 5.56 Å². The lowest BCUT2D eigenvalue weighted by molar-refractivity contribution is 0.165. The van der Waals surface area contributed by atoms with Crippen LogP contribution >= 0.6 is 0 Å². The van der Waals surface area contributed by atoms with Crippen LogP contribution in [0.25, 0.3) is 10.9 Å². The first kappa shape index (κ1) is 9.51. The van der Waals surface area contributed by atoms with Gasteiger partial charge >= 0.3 is 5.69 Å². The summed E-state index contributed by atoms with van der Waals surface area (Å²) in [6, 6.07) is 5.25. The molecular weight excluding hydrogens is 196 g/mol. The number of fused-ring (bicyclic) bond motifs is 1. The molecule has 78 valence electrons. The van der Waals surface area contributed by atoms with Gasteiger partial charge in [0.1, 0.15) is 7.11 Å². The molecule has 0 bridgehead atoms. The second-order valence-corrected chi connectivity index (χ2v) is 3.21. The van der Waals surface area contributed by atoms with Gasteiger partial charge in [-0.2, -0.15) is 0 Å². The summed E-state index contributed by atoms with van der Waals surface area (Å²) < 4.78 is 1.06. The van der Waals surface area contributed by atoms with Crippen LogP contribution in [-0.2, 0) is 0 Å². The van der Waals surface area contributed by atoms with Gasteiger partial charge < -0.3 is 4.84 Å². The molecule has 0 saturated carbocycles. The van der Waals surface area contributed by atoms with Gasteiger partial charge in [-0.15, -0.1) is 4.73 Å². The highest BCUT2D eigenvalue weighted by Gasteiger charge is 2.08. The Labute approximate surface area is 84.9 Å². The number of rotatable bonds is 1. The highest BCUT2D eigenvalue weighted by molar-refractivity contribution is 5.81. The predicted molar refractivity (Wildman–Crippen MR) is 56.1 cm³/mol. The van der Waals surface area contributed by atoms with Crippen molar-refractivity contribution >= 4 is 10.9 Å². The van der Waals surface area contributed by atoms with E-state index in [-0.39, 0.29) is 5.56 Å². The van der Waals surface area contributed by atoms with E-state index in [4.69, 9.17) is 4.84 Å². The van der Waals surface area contributed by atoms with Crippen molar-refractivity contribution in [1.29, 1.82) is 0 Å². The summed E-state index contributed by atoms with van der Waals surface area (Å²) in [4.78, 5) is 30.0. The molecule has 5 heteroatoms. The van der Waals surface area contributed by atoms with Gasteiger partial charge in [-0.05, 0) is 18.6 Å². The van der Waals surface area contributed by atoms with E-state index >= 15 is 0 Å². The molecule has 0 amide bonds. The number of hydrogen-bond acceptors (Lipinski definition) is 3. The molecule has 1 aromatic heterocycles. The molecule has 1 N–H and O–H groups in total. The zero-order chi connectivity index (χ0) is 11.0. The van der Waals surface area contributed by atoms with Crippen molar-refractivity contribution in [2.75, 3.05) is 7.11 Å². The molecule has 0 radical (unpaired) electrons. The summed E-state index contributed by atoms with van der Waals surface area (Å²) in [7, 11) is 1.38. The largest absolute Gasteiger partial charge is 0.412 e. The Hall–Kier alpha value is -2.04. The summed E-state index contributed by atoms with van der Waals surface area (Å²) in [6.07, 6.45) is 0. The molecule has 1 aromatic carbocycles. The van der Waals surface area contributed by atoms with Crippen LogP contribution in [0.5, 0.6) is 0 Å². The molecule has 0 aliphatic carbocycles. The van der Waals surface area contributed by atoms with Crippen molar-refractivity contribution in [2.45, 2.75) is 6.92 Å². The number of aromatic nitrogens is 2. The third-order valence-electron chi connectivity index (χ3n) is 2.28. The third kappa shape index (κ3) is 1.32. The molecule has 15 heavy (non-hydrogen) atoms. The third-order valence-corrected chi connectivity index (χ3v) is 2.28. The fraction of sp³-hybridized carbons (Fsp3) is 0.200. The van der Waals surface area contributed by atoms with Crippen LogP contribution in [0.2, 0.25) is 0 Å². The van der Waals surface area contributed by atoms with Crippen molar-refractivity contribution < 1.29 is 4.84 Å². The SMILES string of the molecule is COn1c(=O)[nH]c(=O)c2c(C)cccc21. The molecule has 2 rings (SSSR count). The van der Waals surface area contributed by atoms with Crippen LogP contribution in [0.15, 0.2) is 27.8 Å². The molecule has 5 nitrogen and oxygen atoms in total. The van der Waals surface area contributed by atoms with E-state index in [0.29, 0.717) is 10.9 Å². The van der Waals surface area contributed by atoms with E-state index in [1.807, 2.05) is 13.0 Å². The van der Waals surface area contributed by atoms with Crippen molar-refractivity contribution in [2.24, 2.45) is 0 Å². The van der Waals surface area contributed by atoms with Gasteiger partial charge in [0.25, 0.3) is 5.56 Å². The number of H-pyrrole nitrogens is 1. The fourth-order valence-electron chi connectivity index (χ4n) is 1.62. The average molecular weight is 206 g/mol. The van der Waals surface area contributed by atoms with Crippen molar-refractivity contribution in [3.05, 3.63) is 44.6 Å². The van der Waals surface area contributed by atoms with Crippen molar-refractivity contribution in [3.63, 3.8) is 0 Å². The summed E-state index contributed by atoms with van der Waals surface area (Å²) in [5.41, 5.74) is 0.327. The number of hydrogen-bond donors (Lipinski definition) is 1. The highest BCUT2D eigenvalue weighted by atomic mass is 16.7. The van der Waals surface area contributed by atoms with E-state index in [2.05, 4.69) is 4.98 Å². The van der Waals surface area contributed by atoms with Crippen LogP contribution in [0.4, 0.5) is 0 Å². The maximum absolute atomic E-state index is 11.6. The summed E-state index contributed by atoms with van der Waals surface area (Å²) >= 11 is 0. The first-order chi connectivity index (χ1) is 7.15. The Morgan fingerprint density at radius 1 is 1.33 bits per heavy atom. The minimum absolute atomic E-state index is 0.388. The Kier molecular flexibility index (Phi) is 2.07. The Morgan fingerprint density at radius 2 is 2.07 bits per heavy atom. The normalized spacial score (nSPS) is 10.5. The lowest BCUT2D eigenvalue weighted by Crippen LogP contribution is -2.33. The van der Waals surface area contributed by atoms with E-state index in [0.717, 1.165) is 10.3 Å². The first-order valence-electron chi connectivity index (χ1n) is 4.44. The number of aromatic amines is 1. The summed E-state index contributed by atoms with van der Waals surface area (Å²) in [5.74, 6) is 0. The summed E-state index contributed by atoms with van der Waals surface area (Å²) in [6.45, 7) is 1.81.